The van der Waals surface area contributed by atoms with Crippen LogP contribution in [0.3, 0.4) is 0 Å². The number of halogens is 7. The van der Waals surface area contributed by atoms with Crippen LogP contribution in [0, 0.1) is 0 Å². The third-order valence-corrected chi connectivity index (χ3v) is 6.15. The number of carbonyl (C=O) groups excluding carboxylic acids is 1. The van der Waals surface area contributed by atoms with Crippen LogP contribution in [0.15, 0.2) is 12.3 Å². The molecule has 2 aromatic heterocycles. The Morgan fingerprint density at radius 3 is 2.46 bits per heavy atom. The molecular weight excluding hydrogens is 536 g/mol. The van der Waals surface area contributed by atoms with Gasteiger partial charge in [-0.2, -0.15) is 13.2 Å². The summed E-state index contributed by atoms with van der Waals surface area (Å²) in [5.41, 5.74) is -1.94. The first-order valence-corrected chi connectivity index (χ1v) is 10.5. The minimum Gasteiger partial charge on any atom is -1.00 e. The van der Waals surface area contributed by atoms with Gasteiger partial charge in [0.15, 0.2) is 0 Å². The number of alkyl halides is 7. The summed E-state index contributed by atoms with van der Waals surface area (Å²) >= 11 is 0.345. The van der Waals surface area contributed by atoms with E-state index in [9.17, 15) is 45.4 Å². The number of hydrogen-bond acceptors (Lipinski definition) is 6. The number of pyridine rings is 1. The van der Waals surface area contributed by atoms with E-state index in [4.69, 9.17) is 0 Å². The molecule has 0 aromatic carbocycles. The number of likely N-dealkylation sites (tertiary alicyclic amines) is 1. The Morgan fingerprint density at radius 1 is 1.34 bits per heavy atom. The fraction of sp³-hybridized carbons (Fsp3) is 0.474. The number of carboxylic acids is 1. The van der Waals surface area contributed by atoms with Gasteiger partial charge in [0.05, 0.1) is 11.4 Å². The molecule has 0 unspecified atom stereocenters. The van der Waals surface area contributed by atoms with Gasteiger partial charge in [0.1, 0.15) is 17.6 Å². The van der Waals surface area contributed by atoms with E-state index in [0.717, 1.165) is 18.0 Å². The predicted molar refractivity (Wildman–Crippen MR) is 108 cm³/mol. The van der Waals surface area contributed by atoms with Crippen LogP contribution in [0.2, 0.25) is 0 Å². The van der Waals surface area contributed by atoms with E-state index in [-0.39, 0.29) is 57.7 Å². The molecule has 1 amide bonds. The van der Waals surface area contributed by atoms with Crippen LogP contribution < -0.4 is 56.7 Å². The van der Waals surface area contributed by atoms with E-state index in [1.807, 2.05) is 5.32 Å². The number of rotatable bonds is 6. The molecule has 0 saturated carbocycles. The van der Waals surface area contributed by atoms with E-state index in [1.54, 1.807) is 0 Å². The quantitative estimate of drug-likeness (QED) is 0.420. The second kappa shape index (κ2) is 11.0. The zero-order chi connectivity index (χ0) is 25.6. The van der Waals surface area contributed by atoms with Crippen molar-refractivity contribution >= 4 is 29.0 Å². The zero-order valence-electron chi connectivity index (χ0n) is 19.5. The van der Waals surface area contributed by atoms with Gasteiger partial charge in [-0.25, -0.2) is 32.3 Å². The van der Waals surface area contributed by atoms with Crippen molar-refractivity contribution in [1.29, 1.82) is 0 Å². The number of anilines is 1. The maximum Gasteiger partial charge on any atom is 1.00 e. The molecule has 0 spiro atoms. The Morgan fingerprint density at radius 2 is 1.97 bits per heavy atom. The van der Waals surface area contributed by atoms with Crippen molar-refractivity contribution in [2.24, 2.45) is 0 Å². The first-order chi connectivity index (χ1) is 15.6. The van der Waals surface area contributed by atoms with Crippen LogP contribution in [-0.2, 0) is 0 Å². The summed E-state index contributed by atoms with van der Waals surface area (Å²) < 4.78 is 93.6. The van der Waals surface area contributed by atoms with E-state index in [1.165, 1.54) is 6.92 Å². The third-order valence-electron chi connectivity index (χ3n) is 5.07. The van der Waals surface area contributed by atoms with Gasteiger partial charge < -0.3 is 16.7 Å². The van der Waals surface area contributed by atoms with Gasteiger partial charge in [-0.3, -0.25) is 4.79 Å². The second-order valence-corrected chi connectivity index (χ2v) is 8.71. The molecule has 0 aliphatic carbocycles. The Kier molecular flexibility index (Phi) is 9.36. The molecule has 188 valence electrons. The number of carbonyl (C=O) groups is 2. The molecule has 35 heavy (non-hydrogen) atoms. The van der Waals surface area contributed by atoms with Gasteiger partial charge in [0, 0.05) is 29.8 Å². The van der Waals surface area contributed by atoms with Crippen molar-refractivity contribution in [3.8, 4) is 10.4 Å². The number of amides is 1. The smallest absolute Gasteiger partial charge is 1.00 e. The normalized spacial score (nSPS) is 18.3. The number of nitrogens with one attached hydrogen (secondary N) is 1. The fourth-order valence-corrected chi connectivity index (χ4v) is 4.31. The largest absolute Gasteiger partial charge is 1.00 e. The number of aromatic carboxylic acids is 1. The van der Waals surface area contributed by atoms with Crippen molar-refractivity contribution in [2.45, 2.75) is 50.9 Å². The molecule has 16 heteroatoms. The standard InChI is InChI=1S/C19H17F7N4O3S.K.H/c1-7-4-18(22,23)6-30(7)16(31)12-13(34-15(29-12)17(32)33)10-5-27-11(3-9(10)14(20)21)28-8(2)19(24,25)26;;/h3,5,7-8,14H,4,6H2,1-2H3,(H,27,28)(H,32,33);;/q;+1;-1/t7-,8-;;/m0../s1. The molecule has 7 nitrogen and oxygen atoms in total. The maximum absolute atomic E-state index is 13.8. The molecule has 0 radical (unpaired) electrons. The van der Waals surface area contributed by atoms with Crippen LogP contribution in [0.5, 0.6) is 0 Å². The van der Waals surface area contributed by atoms with Crippen LogP contribution in [0.1, 0.15) is 54.0 Å². The SMILES string of the molecule is C[C@H](Nc1cc(C(F)F)c(-c2sc(C(=O)O)nc2C(=O)N2CC(F)(F)C[C@@H]2C)cn1)C(F)(F)F.[H-].[K+]. The van der Waals surface area contributed by atoms with E-state index < -0.39 is 83.1 Å². The summed E-state index contributed by atoms with van der Waals surface area (Å²) in [4.78, 5) is 32.1. The average Bonchev–Trinajstić information content (AvgIpc) is 3.27. The Bertz CT molecular complexity index is 1120. The summed E-state index contributed by atoms with van der Waals surface area (Å²) in [6.07, 6.45) is -7.84. The van der Waals surface area contributed by atoms with Crippen molar-refractivity contribution in [1.82, 2.24) is 14.9 Å². The van der Waals surface area contributed by atoms with Crippen LogP contribution in [0.25, 0.3) is 10.4 Å². The molecule has 2 N–H and O–H groups in total. The van der Waals surface area contributed by atoms with Crippen LogP contribution in [0.4, 0.5) is 36.6 Å². The van der Waals surface area contributed by atoms with Crippen LogP contribution >= 0.6 is 11.3 Å². The van der Waals surface area contributed by atoms with Crippen LogP contribution in [-0.4, -0.2) is 62.6 Å². The van der Waals surface area contributed by atoms with E-state index in [0.29, 0.717) is 17.4 Å². The minimum atomic E-state index is -4.69. The minimum absolute atomic E-state index is 0. The molecule has 3 rings (SSSR count). The first kappa shape index (κ1) is 29.9. The summed E-state index contributed by atoms with van der Waals surface area (Å²) in [6.45, 7) is 1.13. The van der Waals surface area contributed by atoms with Gasteiger partial charge in [0.2, 0.25) is 5.01 Å². The monoisotopic (exact) mass is 554 g/mol. The topological polar surface area (TPSA) is 95.4 Å². The molecule has 1 fully saturated rings. The number of nitrogens with zero attached hydrogens (tertiary/aromatic N) is 3. The Hall–Kier alpha value is -1.33. The number of aromatic nitrogens is 2. The maximum atomic E-state index is 13.8. The molecule has 0 bridgehead atoms. The molecule has 1 saturated heterocycles. The summed E-state index contributed by atoms with van der Waals surface area (Å²) in [5.74, 6) is -6.41. The third kappa shape index (κ3) is 6.71. The zero-order valence-corrected chi connectivity index (χ0v) is 22.4. The van der Waals surface area contributed by atoms with Crippen molar-refractivity contribution in [3.63, 3.8) is 0 Å². The summed E-state index contributed by atoms with van der Waals surface area (Å²) in [7, 11) is 0. The van der Waals surface area contributed by atoms with E-state index >= 15 is 0 Å². The Labute approximate surface area is 242 Å². The molecule has 3 heterocycles. The van der Waals surface area contributed by atoms with Gasteiger partial charge in [-0.05, 0) is 19.9 Å². The average molecular weight is 555 g/mol. The molecular formula is C19H18F7KN4O3S. The molecule has 1 aliphatic rings. The first-order valence-electron chi connectivity index (χ1n) is 9.65. The number of carboxylic acid groups (broad SMARTS) is 1. The predicted octanol–water partition coefficient (Wildman–Crippen LogP) is 2.19. The number of hydrogen-bond donors (Lipinski definition) is 2. The summed E-state index contributed by atoms with van der Waals surface area (Å²) in [6, 6.07) is -2.41. The molecule has 2 aromatic rings. The van der Waals surface area contributed by atoms with Crippen molar-refractivity contribution in [3.05, 3.63) is 28.5 Å². The number of thiazole rings is 1. The van der Waals surface area contributed by atoms with Crippen molar-refractivity contribution < 1.29 is 98.2 Å². The van der Waals surface area contributed by atoms with Crippen molar-refractivity contribution in [2.75, 3.05) is 11.9 Å². The molecule has 2 atom stereocenters. The Balaban J connectivity index is 0.00000324. The van der Waals surface area contributed by atoms with Gasteiger partial charge in [-0.15, -0.1) is 11.3 Å². The van der Waals surface area contributed by atoms with E-state index in [2.05, 4.69) is 9.97 Å². The fourth-order valence-electron chi connectivity index (χ4n) is 3.38. The second-order valence-electron chi connectivity index (χ2n) is 7.71. The van der Waals surface area contributed by atoms with Gasteiger partial charge in [-0.1, -0.05) is 0 Å². The molecule has 1 aliphatic heterocycles. The summed E-state index contributed by atoms with van der Waals surface area (Å²) in [5, 5.41) is 10.6. The van der Waals surface area contributed by atoms with Gasteiger partial charge in [0.25, 0.3) is 18.3 Å². The van der Waals surface area contributed by atoms with Gasteiger partial charge >= 0.3 is 63.5 Å².